The predicted molar refractivity (Wildman–Crippen MR) is 63.1 cm³/mol. The van der Waals surface area contributed by atoms with Gasteiger partial charge in [0.25, 0.3) is 0 Å². The number of nitrogens with two attached hydrogens (primary N) is 1. The number of rotatable bonds is 2. The predicted octanol–water partition coefficient (Wildman–Crippen LogP) is 3.05. The molecular weight excluding hydrogens is 194 g/mol. The third-order valence-electron chi connectivity index (χ3n) is 2.87. The first-order valence-corrected chi connectivity index (χ1v) is 5.04. The van der Waals surface area contributed by atoms with Gasteiger partial charge in [-0.15, -0.1) is 12.4 Å². The van der Waals surface area contributed by atoms with Crippen LogP contribution in [0.15, 0.2) is 24.3 Å². The van der Waals surface area contributed by atoms with Gasteiger partial charge >= 0.3 is 0 Å². The van der Waals surface area contributed by atoms with E-state index in [1.165, 1.54) is 17.5 Å². The van der Waals surface area contributed by atoms with Crippen LogP contribution in [-0.4, -0.2) is 6.04 Å². The highest BCUT2D eigenvalue weighted by Crippen LogP contribution is 2.39. The van der Waals surface area contributed by atoms with Gasteiger partial charge in [0.2, 0.25) is 0 Å². The van der Waals surface area contributed by atoms with Crippen molar-refractivity contribution < 1.29 is 0 Å². The zero-order valence-electron chi connectivity index (χ0n) is 8.73. The van der Waals surface area contributed by atoms with Crippen molar-refractivity contribution in [3.63, 3.8) is 0 Å². The third-order valence-corrected chi connectivity index (χ3v) is 2.87. The molecule has 2 rings (SSSR count). The van der Waals surface area contributed by atoms with Gasteiger partial charge in [0, 0.05) is 12.0 Å². The first kappa shape index (κ1) is 11.5. The number of hydrogen-bond donors (Lipinski definition) is 1. The molecule has 14 heavy (non-hydrogen) atoms. The smallest absolute Gasteiger partial charge is 0.0115 e. The summed E-state index contributed by atoms with van der Waals surface area (Å²) in [5.41, 5.74) is 8.62. The van der Waals surface area contributed by atoms with Gasteiger partial charge in [0.15, 0.2) is 0 Å². The standard InChI is InChI=1S/C12H17N.ClH/c1-8(2)9-3-5-10(6-4-9)11-7-12(11)13;/h3-6,8,11-12H,7,13H2,1-2H3;1H/t11-,12+;/m0./s1. The van der Waals surface area contributed by atoms with E-state index in [-0.39, 0.29) is 12.4 Å². The number of halogens is 1. The van der Waals surface area contributed by atoms with E-state index in [0.29, 0.717) is 17.9 Å². The topological polar surface area (TPSA) is 26.0 Å². The molecule has 2 heteroatoms. The van der Waals surface area contributed by atoms with Crippen LogP contribution in [-0.2, 0) is 0 Å². The summed E-state index contributed by atoms with van der Waals surface area (Å²) in [6.45, 7) is 4.44. The van der Waals surface area contributed by atoms with E-state index in [1.54, 1.807) is 0 Å². The van der Waals surface area contributed by atoms with E-state index in [0.717, 1.165) is 0 Å². The van der Waals surface area contributed by atoms with Gasteiger partial charge in [-0.3, -0.25) is 0 Å². The highest BCUT2D eigenvalue weighted by Gasteiger charge is 2.34. The maximum absolute atomic E-state index is 5.80. The van der Waals surface area contributed by atoms with E-state index >= 15 is 0 Å². The molecule has 0 heterocycles. The molecule has 0 amide bonds. The lowest BCUT2D eigenvalue weighted by Crippen LogP contribution is -2.00. The molecule has 1 aromatic rings. The Hall–Kier alpha value is -0.530. The minimum Gasteiger partial charge on any atom is -0.327 e. The molecule has 1 fully saturated rings. The molecule has 0 saturated heterocycles. The van der Waals surface area contributed by atoms with Crippen molar-refractivity contribution in [3.8, 4) is 0 Å². The summed E-state index contributed by atoms with van der Waals surface area (Å²) in [5.74, 6) is 1.27. The lowest BCUT2D eigenvalue weighted by molar-refractivity contribution is 0.864. The molecule has 1 saturated carbocycles. The second-order valence-electron chi connectivity index (χ2n) is 4.33. The molecule has 0 bridgehead atoms. The lowest BCUT2D eigenvalue weighted by Gasteiger charge is -2.05. The molecule has 0 aliphatic heterocycles. The van der Waals surface area contributed by atoms with E-state index < -0.39 is 0 Å². The van der Waals surface area contributed by atoms with Crippen LogP contribution in [0.3, 0.4) is 0 Å². The molecular formula is C12H18ClN. The highest BCUT2D eigenvalue weighted by atomic mass is 35.5. The van der Waals surface area contributed by atoms with Crippen molar-refractivity contribution in [2.24, 2.45) is 5.73 Å². The quantitative estimate of drug-likeness (QED) is 0.800. The normalized spacial score (nSPS) is 24.6. The van der Waals surface area contributed by atoms with Crippen molar-refractivity contribution >= 4 is 12.4 Å². The van der Waals surface area contributed by atoms with Crippen molar-refractivity contribution in [1.82, 2.24) is 0 Å². The van der Waals surface area contributed by atoms with Crippen molar-refractivity contribution in [1.29, 1.82) is 0 Å². The van der Waals surface area contributed by atoms with Crippen LogP contribution in [0.4, 0.5) is 0 Å². The van der Waals surface area contributed by atoms with Crippen molar-refractivity contribution in [2.45, 2.75) is 38.1 Å². The minimum atomic E-state index is 0. The second kappa shape index (κ2) is 4.33. The van der Waals surface area contributed by atoms with E-state index in [4.69, 9.17) is 5.73 Å². The van der Waals surface area contributed by atoms with E-state index in [9.17, 15) is 0 Å². The molecule has 1 aliphatic rings. The molecule has 0 spiro atoms. The molecule has 1 nitrogen and oxygen atoms in total. The molecule has 1 aliphatic carbocycles. The first-order valence-electron chi connectivity index (χ1n) is 5.04. The first-order chi connectivity index (χ1) is 6.18. The summed E-state index contributed by atoms with van der Waals surface area (Å²) in [6, 6.07) is 9.33. The summed E-state index contributed by atoms with van der Waals surface area (Å²) >= 11 is 0. The van der Waals surface area contributed by atoms with Gasteiger partial charge in [-0.1, -0.05) is 38.1 Å². The Labute approximate surface area is 92.1 Å². The molecule has 78 valence electrons. The highest BCUT2D eigenvalue weighted by molar-refractivity contribution is 5.85. The largest absolute Gasteiger partial charge is 0.327 e. The molecule has 2 atom stereocenters. The lowest BCUT2D eigenvalue weighted by atomic mass is 10.0. The fourth-order valence-corrected chi connectivity index (χ4v) is 1.73. The minimum absolute atomic E-state index is 0. The SMILES string of the molecule is CC(C)c1ccc([C@@H]2C[C@H]2N)cc1.Cl. The summed E-state index contributed by atoms with van der Waals surface area (Å²) < 4.78 is 0. The maximum atomic E-state index is 5.80. The zero-order chi connectivity index (χ0) is 9.42. The summed E-state index contributed by atoms with van der Waals surface area (Å²) in [4.78, 5) is 0. The molecule has 0 radical (unpaired) electrons. The average Bonchev–Trinajstić information content (AvgIpc) is 2.83. The van der Waals surface area contributed by atoms with Crippen LogP contribution in [0.25, 0.3) is 0 Å². The van der Waals surface area contributed by atoms with Crippen LogP contribution < -0.4 is 5.73 Å². The Morgan fingerprint density at radius 1 is 1.21 bits per heavy atom. The fourth-order valence-electron chi connectivity index (χ4n) is 1.73. The number of benzene rings is 1. The molecule has 2 N–H and O–H groups in total. The monoisotopic (exact) mass is 211 g/mol. The Bertz CT molecular complexity index is 292. The van der Waals surface area contributed by atoms with Gasteiger partial charge in [0.05, 0.1) is 0 Å². The van der Waals surface area contributed by atoms with E-state index in [2.05, 4.69) is 38.1 Å². The molecule has 1 aromatic carbocycles. The summed E-state index contributed by atoms with van der Waals surface area (Å²) in [7, 11) is 0. The van der Waals surface area contributed by atoms with Crippen LogP contribution in [0.2, 0.25) is 0 Å². The van der Waals surface area contributed by atoms with Gasteiger partial charge in [-0.25, -0.2) is 0 Å². The second-order valence-corrected chi connectivity index (χ2v) is 4.33. The Morgan fingerprint density at radius 3 is 2.07 bits per heavy atom. The van der Waals surface area contributed by atoms with Crippen molar-refractivity contribution in [2.75, 3.05) is 0 Å². The number of hydrogen-bond acceptors (Lipinski definition) is 1. The van der Waals surface area contributed by atoms with Crippen LogP contribution in [0, 0.1) is 0 Å². The Kier molecular flexibility index (Phi) is 3.57. The molecule has 0 aromatic heterocycles. The van der Waals surface area contributed by atoms with Gasteiger partial charge in [-0.2, -0.15) is 0 Å². The van der Waals surface area contributed by atoms with Crippen LogP contribution in [0.5, 0.6) is 0 Å². The Morgan fingerprint density at radius 2 is 1.71 bits per heavy atom. The van der Waals surface area contributed by atoms with Crippen LogP contribution >= 0.6 is 12.4 Å². The summed E-state index contributed by atoms with van der Waals surface area (Å²) in [5, 5.41) is 0. The zero-order valence-corrected chi connectivity index (χ0v) is 9.55. The summed E-state index contributed by atoms with van der Waals surface area (Å²) in [6.07, 6.45) is 1.17. The average molecular weight is 212 g/mol. The maximum Gasteiger partial charge on any atom is 0.0115 e. The van der Waals surface area contributed by atoms with Crippen molar-refractivity contribution in [3.05, 3.63) is 35.4 Å². The third kappa shape index (κ3) is 2.28. The van der Waals surface area contributed by atoms with Crippen LogP contribution in [0.1, 0.15) is 43.2 Å². The van der Waals surface area contributed by atoms with Gasteiger partial charge in [-0.05, 0) is 23.5 Å². The fraction of sp³-hybridized carbons (Fsp3) is 0.500. The molecule has 0 unspecified atom stereocenters. The van der Waals surface area contributed by atoms with Gasteiger partial charge < -0.3 is 5.73 Å². The van der Waals surface area contributed by atoms with Gasteiger partial charge in [0.1, 0.15) is 0 Å². The Balaban J connectivity index is 0.000000980. The van der Waals surface area contributed by atoms with E-state index in [1.807, 2.05) is 0 Å².